The third kappa shape index (κ3) is 5.94. The van der Waals surface area contributed by atoms with Gasteiger partial charge in [-0.15, -0.1) is 0 Å². The molecule has 1 heterocycles. The summed E-state index contributed by atoms with van der Waals surface area (Å²) in [6.45, 7) is -0.450. The zero-order valence-electron chi connectivity index (χ0n) is 13.5. The number of hydrogen-bond donors (Lipinski definition) is 2. The minimum Gasteiger partial charge on any atom is -0.484 e. The number of esters is 1. The van der Waals surface area contributed by atoms with Gasteiger partial charge in [-0.2, -0.15) is 0 Å². The molecular formula is C17H17N3O5. The molecule has 0 saturated carbocycles. The molecule has 2 rings (SSSR count). The molecule has 0 fully saturated rings. The van der Waals surface area contributed by atoms with E-state index in [1.807, 2.05) is 6.07 Å². The second-order valence-corrected chi connectivity index (χ2v) is 4.85. The summed E-state index contributed by atoms with van der Waals surface area (Å²) in [5.41, 5.74) is 0.257. The first kappa shape index (κ1) is 17.9. The summed E-state index contributed by atoms with van der Waals surface area (Å²) in [6, 6.07) is 11.7. The van der Waals surface area contributed by atoms with Gasteiger partial charge in [0, 0.05) is 6.20 Å². The van der Waals surface area contributed by atoms with Crippen LogP contribution >= 0.6 is 0 Å². The average molecular weight is 343 g/mol. The molecule has 1 aromatic carbocycles. The molecule has 0 atom stereocenters. The first-order valence-corrected chi connectivity index (χ1v) is 7.37. The molecule has 0 aliphatic rings. The van der Waals surface area contributed by atoms with Crippen LogP contribution in [0.1, 0.15) is 10.4 Å². The highest BCUT2D eigenvalue weighted by Gasteiger charge is 2.10. The number of pyridine rings is 1. The number of amides is 2. The predicted molar refractivity (Wildman–Crippen MR) is 89.2 cm³/mol. The molecule has 8 heteroatoms. The maximum absolute atomic E-state index is 11.8. The fourth-order valence-electron chi connectivity index (χ4n) is 1.83. The van der Waals surface area contributed by atoms with E-state index in [2.05, 4.69) is 20.4 Å². The third-order valence-corrected chi connectivity index (χ3v) is 3.01. The maximum Gasteiger partial charge on any atom is 0.338 e. The van der Waals surface area contributed by atoms with Gasteiger partial charge in [0.15, 0.2) is 6.61 Å². The van der Waals surface area contributed by atoms with E-state index in [1.165, 1.54) is 25.4 Å². The molecule has 0 spiro atoms. The first-order chi connectivity index (χ1) is 12.1. The van der Waals surface area contributed by atoms with E-state index >= 15 is 0 Å². The Morgan fingerprint density at radius 1 is 1.08 bits per heavy atom. The van der Waals surface area contributed by atoms with Crippen LogP contribution in [-0.2, 0) is 14.3 Å². The van der Waals surface area contributed by atoms with E-state index in [-0.39, 0.29) is 24.5 Å². The molecule has 25 heavy (non-hydrogen) atoms. The number of anilines is 1. The number of aromatic nitrogens is 1. The van der Waals surface area contributed by atoms with Crippen LogP contribution in [0.15, 0.2) is 48.7 Å². The Bertz CT molecular complexity index is 749. The van der Waals surface area contributed by atoms with Crippen LogP contribution in [0.25, 0.3) is 0 Å². The SMILES string of the molecule is COC(=O)c1ccnc(NC(=O)CNC(=O)COc2ccccc2)c1. The molecule has 0 aliphatic heterocycles. The van der Waals surface area contributed by atoms with Crippen molar-refractivity contribution < 1.29 is 23.9 Å². The number of ether oxygens (including phenoxy) is 2. The van der Waals surface area contributed by atoms with Crippen molar-refractivity contribution in [2.45, 2.75) is 0 Å². The molecule has 2 aromatic rings. The summed E-state index contributed by atoms with van der Waals surface area (Å²) >= 11 is 0. The second kappa shape index (κ2) is 9.02. The molecule has 0 aliphatic carbocycles. The fourth-order valence-corrected chi connectivity index (χ4v) is 1.83. The standard InChI is InChI=1S/C17H17N3O5/c1-24-17(23)12-7-8-18-14(9-12)20-15(21)10-19-16(22)11-25-13-5-3-2-4-6-13/h2-9H,10-11H2,1H3,(H,19,22)(H,18,20,21). The lowest BCUT2D eigenvalue weighted by Crippen LogP contribution is -2.35. The normalized spacial score (nSPS) is 9.80. The van der Waals surface area contributed by atoms with Crippen molar-refractivity contribution >= 4 is 23.6 Å². The smallest absolute Gasteiger partial charge is 0.338 e. The lowest BCUT2D eigenvalue weighted by Gasteiger charge is -2.08. The number of benzene rings is 1. The number of carbonyl (C=O) groups is 3. The molecule has 8 nitrogen and oxygen atoms in total. The molecule has 2 amide bonds. The lowest BCUT2D eigenvalue weighted by atomic mass is 10.2. The van der Waals surface area contributed by atoms with E-state index < -0.39 is 17.8 Å². The number of para-hydroxylation sites is 1. The van der Waals surface area contributed by atoms with E-state index in [0.29, 0.717) is 5.75 Å². The first-order valence-electron chi connectivity index (χ1n) is 7.37. The highest BCUT2D eigenvalue weighted by molar-refractivity contribution is 5.95. The van der Waals surface area contributed by atoms with Gasteiger partial charge in [-0.3, -0.25) is 9.59 Å². The Morgan fingerprint density at radius 3 is 2.56 bits per heavy atom. The average Bonchev–Trinajstić information content (AvgIpc) is 2.65. The molecule has 1 aromatic heterocycles. The van der Waals surface area contributed by atoms with Gasteiger partial charge in [0.1, 0.15) is 11.6 Å². The van der Waals surface area contributed by atoms with Crippen LogP contribution in [0.4, 0.5) is 5.82 Å². The molecule has 0 radical (unpaired) electrons. The fraction of sp³-hybridized carbons (Fsp3) is 0.176. The minimum atomic E-state index is -0.538. The number of carbonyl (C=O) groups excluding carboxylic acids is 3. The summed E-state index contributed by atoms with van der Waals surface area (Å²) in [4.78, 5) is 38.8. The number of rotatable bonds is 7. The van der Waals surface area contributed by atoms with Gasteiger partial charge in [-0.1, -0.05) is 18.2 Å². The van der Waals surface area contributed by atoms with Gasteiger partial charge in [-0.05, 0) is 24.3 Å². The summed E-state index contributed by atoms with van der Waals surface area (Å²) in [5, 5.41) is 4.90. The molecule has 130 valence electrons. The van der Waals surface area contributed by atoms with E-state index in [0.717, 1.165) is 0 Å². The van der Waals surface area contributed by atoms with Crippen LogP contribution in [0.5, 0.6) is 5.75 Å². The quantitative estimate of drug-likeness (QED) is 0.727. The molecule has 0 bridgehead atoms. The van der Waals surface area contributed by atoms with Crippen LogP contribution in [0.2, 0.25) is 0 Å². The predicted octanol–water partition coefficient (Wildman–Crippen LogP) is 1.00. The van der Waals surface area contributed by atoms with Crippen molar-refractivity contribution in [2.75, 3.05) is 25.6 Å². The molecule has 0 saturated heterocycles. The Labute approximate surface area is 144 Å². The van der Waals surface area contributed by atoms with Crippen LogP contribution in [-0.4, -0.2) is 43.0 Å². The summed E-state index contributed by atoms with van der Waals surface area (Å²) in [5.74, 6) is -0.712. The summed E-state index contributed by atoms with van der Waals surface area (Å²) in [7, 11) is 1.26. The Balaban J connectivity index is 1.76. The Morgan fingerprint density at radius 2 is 1.84 bits per heavy atom. The topological polar surface area (TPSA) is 107 Å². The lowest BCUT2D eigenvalue weighted by molar-refractivity contribution is -0.125. The molecular weight excluding hydrogens is 326 g/mol. The Hall–Kier alpha value is -3.42. The molecule has 0 unspecified atom stereocenters. The number of methoxy groups -OCH3 is 1. The largest absolute Gasteiger partial charge is 0.484 e. The van der Waals surface area contributed by atoms with Crippen molar-refractivity contribution in [1.29, 1.82) is 0 Å². The van der Waals surface area contributed by atoms with Gasteiger partial charge in [-0.25, -0.2) is 9.78 Å². The van der Waals surface area contributed by atoms with Gasteiger partial charge in [0.2, 0.25) is 5.91 Å². The monoisotopic (exact) mass is 343 g/mol. The number of hydrogen-bond acceptors (Lipinski definition) is 6. The van der Waals surface area contributed by atoms with Gasteiger partial charge in [0.05, 0.1) is 19.2 Å². The maximum atomic E-state index is 11.8. The van der Waals surface area contributed by atoms with Gasteiger partial charge >= 0.3 is 5.97 Å². The highest BCUT2D eigenvalue weighted by Crippen LogP contribution is 2.08. The zero-order valence-corrected chi connectivity index (χ0v) is 13.5. The van der Waals surface area contributed by atoms with Crippen LogP contribution < -0.4 is 15.4 Å². The minimum absolute atomic E-state index is 0.183. The number of nitrogens with zero attached hydrogens (tertiary/aromatic N) is 1. The van der Waals surface area contributed by atoms with Crippen molar-refractivity contribution in [3.05, 3.63) is 54.2 Å². The summed E-state index contributed by atoms with van der Waals surface area (Å²) < 4.78 is 9.85. The van der Waals surface area contributed by atoms with Gasteiger partial charge < -0.3 is 20.1 Å². The van der Waals surface area contributed by atoms with Crippen molar-refractivity contribution in [2.24, 2.45) is 0 Å². The van der Waals surface area contributed by atoms with E-state index in [9.17, 15) is 14.4 Å². The van der Waals surface area contributed by atoms with E-state index in [1.54, 1.807) is 24.3 Å². The van der Waals surface area contributed by atoms with Crippen LogP contribution in [0.3, 0.4) is 0 Å². The summed E-state index contributed by atoms with van der Waals surface area (Å²) in [6.07, 6.45) is 1.37. The number of nitrogens with one attached hydrogen (secondary N) is 2. The van der Waals surface area contributed by atoms with E-state index in [4.69, 9.17) is 4.74 Å². The van der Waals surface area contributed by atoms with Crippen molar-refractivity contribution in [1.82, 2.24) is 10.3 Å². The van der Waals surface area contributed by atoms with Gasteiger partial charge in [0.25, 0.3) is 5.91 Å². The zero-order chi connectivity index (χ0) is 18.1. The van der Waals surface area contributed by atoms with Crippen LogP contribution in [0, 0.1) is 0 Å². The second-order valence-electron chi connectivity index (χ2n) is 4.85. The van der Waals surface area contributed by atoms with Crippen molar-refractivity contribution in [3.63, 3.8) is 0 Å². The third-order valence-electron chi connectivity index (χ3n) is 3.01. The highest BCUT2D eigenvalue weighted by atomic mass is 16.5. The van der Waals surface area contributed by atoms with Crippen molar-refractivity contribution in [3.8, 4) is 5.75 Å². The molecule has 2 N–H and O–H groups in total. The Kier molecular flexibility index (Phi) is 6.47.